The summed E-state index contributed by atoms with van der Waals surface area (Å²) in [5.41, 5.74) is 0.417. The molecular weight excluding hydrogens is 347 g/mol. The Morgan fingerprint density at radius 1 is 1.00 bits per heavy atom. The maximum absolute atomic E-state index is 12.7. The first-order valence-corrected chi connectivity index (χ1v) is 7.91. The number of carbonyl (C=O) groups excluding carboxylic acids is 1. The molecule has 0 spiro atoms. The van der Waals surface area contributed by atoms with Crippen LogP contribution in [0.25, 0.3) is 11.1 Å². The van der Waals surface area contributed by atoms with Crippen LogP contribution in [0.3, 0.4) is 0 Å². The van der Waals surface area contributed by atoms with Crippen molar-refractivity contribution in [2.24, 2.45) is 5.92 Å². The number of carbonyl (C=O) groups is 2. The van der Waals surface area contributed by atoms with Crippen molar-refractivity contribution in [1.29, 1.82) is 0 Å². The maximum atomic E-state index is 12.7. The molecule has 26 heavy (non-hydrogen) atoms. The summed E-state index contributed by atoms with van der Waals surface area (Å²) in [7, 11) is 0. The second-order valence-electron chi connectivity index (χ2n) is 6.01. The van der Waals surface area contributed by atoms with Crippen LogP contribution in [0.2, 0.25) is 0 Å². The lowest BCUT2D eigenvalue weighted by Gasteiger charge is -2.19. The minimum absolute atomic E-state index is 0.261. The van der Waals surface area contributed by atoms with Gasteiger partial charge in [0.2, 0.25) is 0 Å². The zero-order valence-corrected chi connectivity index (χ0v) is 14.2. The van der Waals surface area contributed by atoms with E-state index in [-0.39, 0.29) is 5.56 Å². The summed E-state index contributed by atoms with van der Waals surface area (Å²) in [6, 6.07) is 10.4. The van der Waals surface area contributed by atoms with Gasteiger partial charge in [0.15, 0.2) is 0 Å². The normalized spacial score (nSPS) is 13.7. The molecule has 4 nitrogen and oxygen atoms in total. The summed E-state index contributed by atoms with van der Waals surface area (Å²) in [6.07, 6.45) is -4.43. The van der Waals surface area contributed by atoms with Gasteiger partial charge in [-0.15, -0.1) is 0 Å². The van der Waals surface area contributed by atoms with Gasteiger partial charge >= 0.3 is 12.1 Å². The first-order chi connectivity index (χ1) is 12.1. The fourth-order valence-corrected chi connectivity index (χ4v) is 2.40. The number of carboxylic acids is 1. The van der Waals surface area contributed by atoms with E-state index < -0.39 is 35.6 Å². The molecule has 2 unspecified atom stereocenters. The zero-order chi connectivity index (χ0) is 19.5. The second kappa shape index (κ2) is 7.59. The number of aliphatic carboxylic acids is 1. The molecule has 0 fully saturated rings. The van der Waals surface area contributed by atoms with Crippen LogP contribution in [-0.2, 0) is 11.0 Å². The third-order valence-corrected chi connectivity index (χ3v) is 4.19. The van der Waals surface area contributed by atoms with Gasteiger partial charge in [0.25, 0.3) is 5.91 Å². The van der Waals surface area contributed by atoms with E-state index >= 15 is 0 Å². The number of rotatable bonds is 5. The number of hydrogen-bond acceptors (Lipinski definition) is 2. The zero-order valence-electron chi connectivity index (χ0n) is 14.2. The molecule has 2 aromatic carbocycles. The van der Waals surface area contributed by atoms with E-state index in [2.05, 4.69) is 5.32 Å². The molecule has 0 saturated carbocycles. The fraction of sp³-hybridized carbons (Fsp3) is 0.263. The van der Waals surface area contributed by atoms with Crippen LogP contribution in [-0.4, -0.2) is 23.0 Å². The lowest BCUT2D eigenvalue weighted by Crippen LogP contribution is -2.40. The van der Waals surface area contributed by atoms with Crippen LogP contribution in [0.4, 0.5) is 13.2 Å². The Balaban J connectivity index is 2.30. The Hall–Kier alpha value is -2.83. The molecule has 2 atom stereocenters. The van der Waals surface area contributed by atoms with E-state index in [4.69, 9.17) is 5.11 Å². The highest BCUT2D eigenvalue weighted by atomic mass is 19.4. The standard InChI is InChI=1S/C19H18F3NO3/c1-11(18(25)26)12(2)23-17(24)16-6-4-3-5-15(16)13-7-9-14(10-8-13)19(20,21)22/h3-12H,1-2H3,(H,23,24)(H,25,26). The van der Waals surface area contributed by atoms with E-state index in [1.165, 1.54) is 19.1 Å². The van der Waals surface area contributed by atoms with Crippen LogP contribution in [0.5, 0.6) is 0 Å². The lowest BCUT2D eigenvalue weighted by atomic mass is 9.97. The predicted molar refractivity (Wildman–Crippen MR) is 90.6 cm³/mol. The number of hydrogen-bond donors (Lipinski definition) is 2. The van der Waals surface area contributed by atoms with Crippen molar-refractivity contribution in [3.8, 4) is 11.1 Å². The van der Waals surface area contributed by atoms with Gasteiger partial charge in [-0.25, -0.2) is 0 Å². The first-order valence-electron chi connectivity index (χ1n) is 7.91. The Labute approximate surface area is 148 Å². The Morgan fingerprint density at radius 3 is 2.12 bits per heavy atom. The molecule has 0 aliphatic heterocycles. The van der Waals surface area contributed by atoms with E-state index in [1.54, 1.807) is 31.2 Å². The van der Waals surface area contributed by atoms with E-state index in [0.29, 0.717) is 11.1 Å². The van der Waals surface area contributed by atoms with Gasteiger partial charge in [-0.1, -0.05) is 30.3 Å². The van der Waals surface area contributed by atoms with Crippen LogP contribution in [0, 0.1) is 5.92 Å². The number of amides is 1. The summed E-state index contributed by atoms with van der Waals surface area (Å²) in [6.45, 7) is 3.06. The number of alkyl halides is 3. The van der Waals surface area contributed by atoms with Crippen LogP contribution in [0.15, 0.2) is 48.5 Å². The van der Waals surface area contributed by atoms with Crippen molar-refractivity contribution in [3.05, 3.63) is 59.7 Å². The van der Waals surface area contributed by atoms with Gasteiger partial charge in [-0.05, 0) is 43.2 Å². The summed E-state index contributed by atoms with van der Waals surface area (Å²) >= 11 is 0. The molecule has 138 valence electrons. The third kappa shape index (κ3) is 4.41. The summed E-state index contributed by atoms with van der Waals surface area (Å²) in [5, 5.41) is 11.6. The van der Waals surface area contributed by atoms with Gasteiger partial charge in [0.1, 0.15) is 0 Å². The van der Waals surface area contributed by atoms with Crippen LogP contribution < -0.4 is 5.32 Å². The molecule has 2 aromatic rings. The molecular formula is C19H18F3NO3. The Kier molecular flexibility index (Phi) is 5.69. The minimum Gasteiger partial charge on any atom is -0.481 e. The predicted octanol–water partition coefficient (Wildman–Crippen LogP) is 4.21. The SMILES string of the molecule is CC(NC(=O)c1ccccc1-c1ccc(C(F)(F)F)cc1)C(C)C(=O)O. The summed E-state index contributed by atoms with van der Waals surface area (Å²) < 4.78 is 38.1. The smallest absolute Gasteiger partial charge is 0.416 e. The van der Waals surface area contributed by atoms with Crippen molar-refractivity contribution in [2.75, 3.05) is 0 Å². The van der Waals surface area contributed by atoms with Crippen molar-refractivity contribution in [1.82, 2.24) is 5.32 Å². The molecule has 0 aliphatic carbocycles. The maximum Gasteiger partial charge on any atom is 0.416 e. The molecule has 2 N–H and O–H groups in total. The van der Waals surface area contributed by atoms with Crippen molar-refractivity contribution in [2.45, 2.75) is 26.1 Å². The topological polar surface area (TPSA) is 66.4 Å². The van der Waals surface area contributed by atoms with Crippen LogP contribution in [0.1, 0.15) is 29.8 Å². The molecule has 0 aliphatic rings. The number of benzene rings is 2. The van der Waals surface area contributed by atoms with Crippen molar-refractivity contribution in [3.63, 3.8) is 0 Å². The molecule has 2 rings (SSSR count). The van der Waals surface area contributed by atoms with Gasteiger partial charge in [0, 0.05) is 11.6 Å². The highest BCUT2D eigenvalue weighted by Crippen LogP contribution is 2.31. The fourth-order valence-electron chi connectivity index (χ4n) is 2.40. The van der Waals surface area contributed by atoms with Gasteiger partial charge < -0.3 is 10.4 Å². The summed E-state index contributed by atoms with van der Waals surface area (Å²) in [5.74, 6) is -2.30. The highest BCUT2D eigenvalue weighted by Gasteiger charge is 2.30. The third-order valence-electron chi connectivity index (χ3n) is 4.19. The molecule has 7 heteroatoms. The molecule has 0 heterocycles. The van der Waals surface area contributed by atoms with Gasteiger partial charge in [-0.2, -0.15) is 13.2 Å². The van der Waals surface area contributed by atoms with Gasteiger partial charge in [0.05, 0.1) is 11.5 Å². The molecule has 0 radical (unpaired) electrons. The van der Waals surface area contributed by atoms with Crippen molar-refractivity contribution >= 4 is 11.9 Å². The summed E-state index contributed by atoms with van der Waals surface area (Å²) in [4.78, 5) is 23.5. The molecule has 0 aromatic heterocycles. The Morgan fingerprint density at radius 2 is 1.58 bits per heavy atom. The average Bonchev–Trinajstić information content (AvgIpc) is 2.60. The molecule has 0 bridgehead atoms. The Bertz CT molecular complexity index is 800. The lowest BCUT2D eigenvalue weighted by molar-refractivity contribution is -0.142. The number of nitrogens with one attached hydrogen (secondary N) is 1. The van der Waals surface area contributed by atoms with E-state index in [1.807, 2.05) is 0 Å². The number of halogens is 3. The van der Waals surface area contributed by atoms with E-state index in [9.17, 15) is 22.8 Å². The molecule has 1 amide bonds. The minimum atomic E-state index is -4.43. The monoisotopic (exact) mass is 365 g/mol. The first kappa shape index (κ1) is 19.5. The van der Waals surface area contributed by atoms with Gasteiger partial charge in [-0.3, -0.25) is 9.59 Å². The highest BCUT2D eigenvalue weighted by molar-refractivity contribution is 6.01. The largest absolute Gasteiger partial charge is 0.481 e. The van der Waals surface area contributed by atoms with Crippen LogP contribution >= 0.6 is 0 Å². The number of carboxylic acid groups (broad SMARTS) is 1. The van der Waals surface area contributed by atoms with E-state index in [0.717, 1.165) is 12.1 Å². The molecule has 0 saturated heterocycles. The van der Waals surface area contributed by atoms with Crippen molar-refractivity contribution < 1.29 is 27.9 Å². The average molecular weight is 365 g/mol. The quantitative estimate of drug-likeness (QED) is 0.834. The second-order valence-corrected chi connectivity index (χ2v) is 6.01.